The normalized spacial score (nSPS) is 11.6. The molecule has 0 amide bonds. The van der Waals surface area contributed by atoms with Crippen molar-refractivity contribution in [1.29, 1.82) is 0 Å². The molecule has 0 radical (unpaired) electrons. The summed E-state index contributed by atoms with van der Waals surface area (Å²) in [6, 6.07) is 37.2. The summed E-state index contributed by atoms with van der Waals surface area (Å²) in [5, 5.41) is 10.3. The van der Waals surface area contributed by atoms with Crippen LogP contribution >= 0.6 is 24.4 Å². The minimum atomic E-state index is 0.997. The van der Waals surface area contributed by atoms with Gasteiger partial charge in [0.1, 0.15) is 0 Å². The summed E-state index contributed by atoms with van der Waals surface area (Å²) < 4.78 is 0. The van der Waals surface area contributed by atoms with Gasteiger partial charge in [-0.3, -0.25) is 0 Å². The van der Waals surface area contributed by atoms with E-state index >= 15 is 0 Å². The van der Waals surface area contributed by atoms with Crippen LogP contribution in [0.15, 0.2) is 118 Å². The number of fused-ring (bicyclic) bond motifs is 6. The molecule has 6 rings (SSSR count). The van der Waals surface area contributed by atoms with Gasteiger partial charge in [-0.1, -0.05) is 84.6 Å². The molecule has 0 unspecified atom stereocenters. The van der Waals surface area contributed by atoms with Crippen molar-refractivity contribution in [2.24, 2.45) is 0 Å². The molecule has 0 fully saturated rings. The van der Waals surface area contributed by atoms with Crippen LogP contribution in [-0.2, 0) is 0 Å². The van der Waals surface area contributed by atoms with Crippen LogP contribution in [0.4, 0.5) is 0 Å². The van der Waals surface area contributed by atoms with Crippen LogP contribution in [0.5, 0.6) is 0 Å². The van der Waals surface area contributed by atoms with Crippen molar-refractivity contribution < 1.29 is 0 Å². The SMILES string of the molecule is Sc1ccc2c(ccc3cc(Sc4cc5ccccc5c5ccccc45)ccc32)c1. The van der Waals surface area contributed by atoms with Crippen molar-refractivity contribution in [3.8, 4) is 0 Å². The average molecular weight is 419 g/mol. The van der Waals surface area contributed by atoms with Crippen LogP contribution in [0.3, 0.4) is 0 Å². The zero-order valence-corrected chi connectivity index (χ0v) is 17.9. The smallest absolute Gasteiger partial charge is 0.0207 e. The van der Waals surface area contributed by atoms with Crippen LogP contribution in [-0.4, -0.2) is 0 Å². The van der Waals surface area contributed by atoms with Gasteiger partial charge in [0.05, 0.1) is 0 Å². The molecule has 0 N–H and O–H groups in total. The van der Waals surface area contributed by atoms with E-state index in [2.05, 4.69) is 116 Å². The van der Waals surface area contributed by atoms with Crippen molar-refractivity contribution in [2.75, 3.05) is 0 Å². The number of rotatable bonds is 2. The summed E-state index contributed by atoms with van der Waals surface area (Å²) in [6.07, 6.45) is 0. The molecule has 30 heavy (non-hydrogen) atoms. The molecule has 0 saturated carbocycles. The van der Waals surface area contributed by atoms with Crippen molar-refractivity contribution in [3.63, 3.8) is 0 Å². The van der Waals surface area contributed by atoms with Crippen molar-refractivity contribution >= 4 is 67.5 Å². The Hall–Kier alpha value is -2.94. The minimum absolute atomic E-state index is 0.997. The molecule has 0 bridgehead atoms. The second-order valence-electron chi connectivity index (χ2n) is 7.60. The van der Waals surface area contributed by atoms with E-state index in [1.54, 1.807) is 0 Å². The van der Waals surface area contributed by atoms with Crippen molar-refractivity contribution in [1.82, 2.24) is 0 Å². The van der Waals surface area contributed by atoms with Crippen LogP contribution < -0.4 is 0 Å². The number of benzene rings is 6. The second kappa shape index (κ2) is 7.09. The van der Waals surface area contributed by atoms with Crippen LogP contribution in [0.2, 0.25) is 0 Å². The van der Waals surface area contributed by atoms with E-state index < -0.39 is 0 Å². The predicted molar refractivity (Wildman–Crippen MR) is 134 cm³/mol. The van der Waals surface area contributed by atoms with Crippen molar-refractivity contribution in [2.45, 2.75) is 14.7 Å². The summed E-state index contributed by atoms with van der Waals surface area (Å²) >= 11 is 6.32. The van der Waals surface area contributed by atoms with E-state index in [-0.39, 0.29) is 0 Å². The lowest BCUT2D eigenvalue weighted by Crippen LogP contribution is -1.83. The van der Waals surface area contributed by atoms with Gasteiger partial charge >= 0.3 is 0 Å². The Kier molecular flexibility index (Phi) is 4.22. The lowest BCUT2D eigenvalue weighted by molar-refractivity contribution is 1.48. The van der Waals surface area contributed by atoms with E-state index in [9.17, 15) is 0 Å². The summed E-state index contributed by atoms with van der Waals surface area (Å²) in [6.45, 7) is 0. The standard InChI is InChI=1S/C28H18S2/c29-21-11-13-24-19(15-21)9-10-20-16-22(12-14-25(20)24)30-28-17-18-5-1-2-6-23(18)26-7-3-4-8-27(26)28/h1-17,29H. The van der Waals surface area contributed by atoms with Gasteiger partial charge in [-0.05, 0) is 73.4 Å². The largest absolute Gasteiger partial charge is 0.143 e. The van der Waals surface area contributed by atoms with Gasteiger partial charge in [-0.25, -0.2) is 0 Å². The third kappa shape index (κ3) is 2.96. The van der Waals surface area contributed by atoms with Gasteiger partial charge < -0.3 is 0 Å². The van der Waals surface area contributed by atoms with Gasteiger partial charge in [0, 0.05) is 14.7 Å². The Morgan fingerprint density at radius 3 is 1.90 bits per heavy atom. The van der Waals surface area contributed by atoms with E-state index in [1.807, 2.05) is 11.8 Å². The Morgan fingerprint density at radius 2 is 1.07 bits per heavy atom. The highest BCUT2D eigenvalue weighted by molar-refractivity contribution is 7.99. The third-order valence-corrected chi connectivity index (χ3v) is 7.07. The first-order valence-corrected chi connectivity index (χ1v) is 11.3. The first-order chi connectivity index (χ1) is 14.8. The molecule has 0 aliphatic carbocycles. The molecule has 6 aromatic carbocycles. The molecule has 2 heteroatoms. The lowest BCUT2D eigenvalue weighted by atomic mass is 10.0. The van der Waals surface area contributed by atoms with Crippen LogP contribution in [0, 0.1) is 0 Å². The number of hydrogen-bond acceptors (Lipinski definition) is 2. The Morgan fingerprint density at radius 1 is 0.467 bits per heavy atom. The summed E-state index contributed by atoms with van der Waals surface area (Å²) in [5.41, 5.74) is 0. The summed E-state index contributed by atoms with van der Waals surface area (Å²) in [4.78, 5) is 3.55. The first kappa shape index (κ1) is 17.9. The molecule has 0 spiro atoms. The fourth-order valence-corrected chi connectivity index (χ4v) is 5.60. The summed E-state index contributed by atoms with van der Waals surface area (Å²) in [7, 11) is 0. The molecule has 0 nitrogen and oxygen atoms in total. The van der Waals surface area contributed by atoms with Gasteiger partial charge in [0.15, 0.2) is 0 Å². The Balaban J connectivity index is 1.50. The average Bonchev–Trinajstić information content (AvgIpc) is 2.79. The monoisotopic (exact) mass is 418 g/mol. The minimum Gasteiger partial charge on any atom is -0.143 e. The Labute approximate surface area is 184 Å². The van der Waals surface area contributed by atoms with Gasteiger partial charge in [0.25, 0.3) is 0 Å². The van der Waals surface area contributed by atoms with Gasteiger partial charge in [-0.2, -0.15) is 0 Å². The number of thiol groups is 1. The van der Waals surface area contributed by atoms with Gasteiger partial charge in [0.2, 0.25) is 0 Å². The second-order valence-corrected chi connectivity index (χ2v) is 9.23. The zero-order valence-electron chi connectivity index (χ0n) is 16.2. The highest BCUT2D eigenvalue weighted by Gasteiger charge is 2.09. The molecule has 0 atom stereocenters. The Bertz CT molecular complexity index is 1580. The van der Waals surface area contributed by atoms with Crippen LogP contribution in [0.1, 0.15) is 0 Å². The topological polar surface area (TPSA) is 0 Å². The molecule has 6 aromatic rings. The molecular formula is C28H18S2. The number of hydrogen-bond donors (Lipinski definition) is 1. The third-order valence-electron chi connectivity index (χ3n) is 5.75. The molecule has 0 heterocycles. The molecule has 0 saturated heterocycles. The first-order valence-electron chi connectivity index (χ1n) is 10.0. The van der Waals surface area contributed by atoms with E-state index in [0.717, 1.165) is 4.90 Å². The maximum absolute atomic E-state index is 4.48. The van der Waals surface area contributed by atoms with E-state index in [1.165, 1.54) is 52.9 Å². The fourth-order valence-electron chi connectivity index (χ4n) is 4.33. The zero-order chi connectivity index (χ0) is 20.1. The van der Waals surface area contributed by atoms with E-state index in [4.69, 9.17) is 0 Å². The lowest BCUT2D eigenvalue weighted by Gasteiger charge is -2.11. The molecule has 0 aromatic heterocycles. The maximum Gasteiger partial charge on any atom is 0.0207 e. The molecule has 0 aliphatic rings. The fraction of sp³-hybridized carbons (Fsp3) is 0. The highest BCUT2D eigenvalue weighted by atomic mass is 32.2. The van der Waals surface area contributed by atoms with E-state index in [0.29, 0.717) is 0 Å². The van der Waals surface area contributed by atoms with Crippen molar-refractivity contribution in [3.05, 3.63) is 103 Å². The molecule has 142 valence electrons. The molecule has 0 aliphatic heterocycles. The highest BCUT2D eigenvalue weighted by Crippen LogP contribution is 2.39. The maximum atomic E-state index is 4.48. The molecular weight excluding hydrogens is 400 g/mol. The predicted octanol–water partition coefficient (Wildman–Crippen LogP) is 8.74. The summed E-state index contributed by atoms with van der Waals surface area (Å²) in [5.74, 6) is 0. The van der Waals surface area contributed by atoms with Gasteiger partial charge in [-0.15, -0.1) is 12.6 Å². The van der Waals surface area contributed by atoms with Crippen LogP contribution in [0.25, 0.3) is 43.1 Å². The quantitative estimate of drug-likeness (QED) is 0.217.